The third-order valence-corrected chi connectivity index (χ3v) is 1.62. The van der Waals surface area contributed by atoms with E-state index >= 15 is 0 Å². The molecule has 0 aromatic carbocycles. The summed E-state index contributed by atoms with van der Waals surface area (Å²) in [6.45, 7) is 4.25. The molecule has 1 N–H and O–H groups in total. The Labute approximate surface area is 70.9 Å². The summed E-state index contributed by atoms with van der Waals surface area (Å²) < 4.78 is 1.70. The standard InChI is InChI=1S/C9H11NO2/c1-2-3-6-10-7-4-5-8(10)9(11)12/h2,4-5,7H,1,3,6H2,(H,11,12). The lowest BCUT2D eigenvalue weighted by atomic mass is 10.4. The fourth-order valence-electron chi connectivity index (χ4n) is 1.03. The molecular formula is C9H11NO2. The van der Waals surface area contributed by atoms with Crippen LogP contribution >= 0.6 is 0 Å². The van der Waals surface area contributed by atoms with Crippen molar-refractivity contribution in [2.24, 2.45) is 0 Å². The van der Waals surface area contributed by atoms with Crippen molar-refractivity contribution in [3.63, 3.8) is 0 Å². The zero-order chi connectivity index (χ0) is 8.97. The summed E-state index contributed by atoms with van der Waals surface area (Å²) in [5.41, 5.74) is 0.330. The Hall–Kier alpha value is -1.51. The second-order valence-corrected chi connectivity index (χ2v) is 2.47. The predicted molar refractivity (Wildman–Crippen MR) is 46.2 cm³/mol. The molecule has 0 amide bonds. The van der Waals surface area contributed by atoms with E-state index in [0.29, 0.717) is 12.2 Å². The maximum absolute atomic E-state index is 10.6. The largest absolute Gasteiger partial charge is 0.477 e. The lowest BCUT2D eigenvalue weighted by Gasteiger charge is -2.02. The van der Waals surface area contributed by atoms with Gasteiger partial charge in [0.25, 0.3) is 0 Å². The van der Waals surface area contributed by atoms with Crippen LogP contribution in [0.15, 0.2) is 31.0 Å². The van der Waals surface area contributed by atoms with Crippen LogP contribution in [-0.4, -0.2) is 15.6 Å². The molecule has 1 aromatic heterocycles. The summed E-state index contributed by atoms with van der Waals surface area (Å²) in [5.74, 6) is -0.885. The molecule has 0 saturated carbocycles. The number of nitrogens with zero attached hydrogens (tertiary/aromatic N) is 1. The third kappa shape index (κ3) is 1.75. The van der Waals surface area contributed by atoms with Gasteiger partial charge in [-0.1, -0.05) is 6.08 Å². The van der Waals surface area contributed by atoms with Crippen LogP contribution in [-0.2, 0) is 6.54 Å². The molecule has 0 spiro atoms. The van der Waals surface area contributed by atoms with Gasteiger partial charge in [-0.05, 0) is 18.6 Å². The summed E-state index contributed by atoms with van der Waals surface area (Å²) in [5, 5.41) is 8.71. The average Bonchev–Trinajstić information content (AvgIpc) is 2.48. The van der Waals surface area contributed by atoms with Crippen LogP contribution in [0.1, 0.15) is 16.9 Å². The van der Waals surface area contributed by atoms with Crippen LogP contribution in [0.3, 0.4) is 0 Å². The SMILES string of the molecule is C=CCCn1cccc1C(=O)O. The highest BCUT2D eigenvalue weighted by atomic mass is 16.4. The Kier molecular flexibility index (Phi) is 2.69. The number of hydrogen-bond donors (Lipinski definition) is 1. The van der Waals surface area contributed by atoms with Gasteiger partial charge in [0.15, 0.2) is 0 Å². The molecule has 0 fully saturated rings. The van der Waals surface area contributed by atoms with Crippen LogP contribution in [0.25, 0.3) is 0 Å². The molecule has 64 valence electrons. The molecule has 0 atom stereocenters. The molecule has 0 unspecified atom stereocenters. The second kappa shape index (κ2) is 3.76. The Morgan fingerprint density at radius 3 is 3.08 bits per heavy atom. The Bertz CT molecular complexity index is 288. The van der Waals surface area contributed by atoms with E-state index in [4.69, 9.17) is 5.11 Å². The van der Waals surface area contributed by atoms with Gasteiger partial charge in [-0.3, -0.25) is 0 Å². The van der Waals surface area contributed by atoms with Crippen LogP contribution in [0.5, 0.6) is 0 Å². The minimum atomic E-state index is -0.885. The van der Waals surface area contributed by atoms with Gasteiger partial charge < -0.3 is 9.67 Å². The van der Waals surface area contributed by atoms with Crippen molar-refractivity contribution < 1.29 is 9.90 Å². The highest BCUT2D eigenvalue weighted by Gasteiger charge is 2.06. The molecule has 1 heterocycles. The van der Waals surface area contributed by atoms with Crippen molar-refractivity contribution in [3.05, 3.63) is 36.7 Å². The summed E-state index contributed by atoms with van der Waals surface area (Å²) in [4.78, 5) is 10.6. The second-order valence-electron chi connectivity index (χ2n) is 2.47. The van der Waals surface area contributed by atoms with Gasteiger partial charge in [-0.15, -0.1) is 6.58 Å². The first kappa shape index (κ1) is 8.59. The zero-order valence-electron chi connectivity index (χ0n) is 6.73. The molecule has 0 bridgehead atoms. The van der Waals surface area contributed by atoms with Crippen LogP contribution in [0, 0.1) is 0 Å². The molecule has 12 heavy (non-hydrogen) atoms. The van der Waals surface area contributed by atoms with Crippen LogP contribution in [0.4, 0.5) is 0 Å². The van der Waals surface area contributed by atoms with Crippen molar-refractivity contribution in [1.82, 2.24) is 4.57 Å². The molecule has 3 heteroatoms. The quantitative estimate of drug-likeness (QED) is 0.691. The van der Waals surface area contributed by atoms with E-state index in [1.165, 1.54) is 0 Å². The number of aromatic carboxylic acids is 1. The Morgan fingerprint density at radius 2 is 2.50 bits per heavy atom. The first-order valence-electron chi connectivity index (χ1n) is 3.75. The highest BCUT2D eigenvalue weighted by molar-refractivity contribution is 5.85. The number of aryl methyl sites for hydroxylation is 1. The molecule has 0 saturated heterocycles. The zero-order valence-corrected chi connectivity index (χ0v) is 6.73. The lowest BCUT2D eigenvalue weighted by Crippen LogP contribution is -2.06. The number of carbonyl (C=O) groups is 1. The topological polar surface area (TPSA) is 42.2 Å². The van der Waals surface area contributed by atoms with Crippen LogP contribution in [0.2, 0.25) is 0 Å². The first-order chi connectivity index (χ1) is 5.75. The molecule has 1 rings (SSSR count). The number of aromatic nitrogens is 1. The number of allylic oxidation sites excluding steroid dienone is 1. The monoisotopic (exact) mass is 165 g/mol. The summed E-state index contributed by atoms with van der Waals surface area (Å²) in [6.07, 6.45) is 4.31. The lowest BCUT2D eigenvalue weighted by molar-refractivity contribution is 0.0685. The molecule has 3 nitrogen and oxygen atoms in total. The van der Waals surface area contributed by atoms with Gasteiger partial charge in [-0.2, -0.15) is 0 Å². The van der Waals surface area contributed by atoms with E-state index in [0.717, 1.165) is 6.42 Å². The number of rotatable bonds is 4. The Balaban J connectivity index is 2.76. The molecule has 0 radical (unpaired) electrons. The minimum absolute atomic E-state index is 0.330. The normalized spacial score (nSPS) is 9.67. The molecule has 0 aliphatic heterocycles. The van der Waals surface area contributed by atoms with Gasteiger partial charge >= 0.3 is 5.97 Å². The number of carboxylic acid groups (broad SMARTS) is 1. The average molecular weight is 165 g/mol. The maximum Gasteiger partial charge on any atom is 0.352 e. The maximum atomic E-state index is 10.6. The van der Waals surface area contributed by atoms with Crippen molar-refractivity contribution in [2.45, 2.75) is 13.0 Å². The van der Waals surface area contributed by atoms with E-state index in [1.54, 1.807) is 29.0 Å². The van der Waals surface area contributed by atoms with Crippen molar-refractivity contribution in [2.75, 3.05) is 0 Å². The van der Waals surface area contributed by atoms with Gasteiger partial charge in [0, 0.05) is 12.7 Å². The van der Waals surface area contributed by atoms with E-state index in [1.807, 2.05) is 0 Å². The van der Waals surface area contributed by atoms with Crippen molar-refractivity contribution >= 4 is 5.97 Å². The predicted octanol–water partition coefficient (Wildman–Crippen LogP) is 1.76. The number of carboxylic acids is 1. The van der Waals surface area contributed by atoms with Crippen molar-refractivity contribution in [1.29, 1.82) is 0 Å². The van der Waals surface area contributed by atoms with Gasteiger partial charge in [-0.25, -0.2) is 4.79 Å². The summed E-state index contributed by atoms with van der Waals surface area (Å²) >= 11 is 0. The first-order valence-corrected chi connectivity index (χ1v) is 3.75. The van der Waals surface area contributed by atoms with Crippen LogP contribution < -0.4 is 0 Å². The highest BCUT2D eigenvalue weighted by Crippen LogP contribution is 2.03. The number of hydrogen-bond acceptors (Lipinski definition) is 1. The molecule has 1 aromatic rings. The summed E-state index contributed by atoms with van der Waals surface area (Å²) in [7, 11) is 0. The van der Waals surface area contributed by atoms with Crippen molar-refractivity contribution in [3.8, 4) is 0 Å². The third-order valence-electron chi connectivity index (χ3n) is 1.62. The fourth-order valence-corrected chi connectivity index (χ4v) is 1.03. The van der Waals surface area contributed by atoms with Gasteiger partial charge in [0.1, 0.15) is 5.69 Å². The molecule has 0 aliphatic carbocycles. The van der Waals surface area contributed by atoms with E-state index in [-0.39, 0.29) is 0 Å². The van der Waals surface area contributed by atoms with Gasteiger partial charge in [0.2, 0.25) is 0 Å². The minimum Gasteiger partial charge on any atom is -0.477 e. The van der Waals surface area contributed by atoms with Gasteiger partial charge in [0.05, 0.1) is 0 Å². The van der Waals surface area contributed by atoms with E-state index in [9.17, 15) is 4.79 Å². The molecule has 0 aliphatic rings. The summed E-state index contributed by atoms with van der Waals surface area (Å²) in [6, 6.07) is 3.32. The smallest absolute Gasteiger partial charge is 0.352 e. The molecular weight excluding hydrogens is 154 g/mol. The fraction of sp³-hybridized carbons (Fsp3) is 0.222. The van der Waals surface area contributed by atoms with E-state index in [2.05, 4.69) is 6.58 Å². The Morgan fingerprint density at radius 1 is 1.75 bits per heavy atom. The van der Waals surface area contributed by atoms with E-state index < -0.39 is 5.97 Å².